The number of hydrogen-bond acceptors (Lipinski definition) is 7. The lowest BCUT2D eigenvalue weighted by molar-refractivity contribution is -0.137. The first-order valence-corrected chi connectivity index (χ1v) is 10.3. The van der Waals surface area contributed by atoms with Crippen LogP contribution in [0, 0.1) is 0 Å². The maximum Gasteiger partial charge on any atom is 0.303 e. The van der Waals surface area contributed by atoms with E-state index in [-0.39, 0.29) is 36.1 Å². The molecule has 0 bridgehead atoms. The Morgan fingerprint density at radius 1 is 1.16 bits per heavy atom. The van der Waals surface area contributed by atoms with Crippen LogP contribution in [-0.2, 0) is 9.59 Å². The number of ether oxygens (including phenoxy) is 2. The molecule has 0 spiro atoms. The fourth-order valence-corrected chi connectivity index (χ4v) is 3.96. The highest BCUT2D eigenvalue weighted by molar-refractivity contribution is 8.18. The van der Waals surface area contributed by atoms with Gasteiger partial charge in [0, 0.05) is 13.0 Å². The maximum absolute atomic E-state index is 13.1. The minimum absolute atomic E-state index is 0.0432. The predicted octanol–water partition coefficient (Wildman–Crippen LogP) is 3.88. The smallest absolute Gasteiger partial charge is 0.303 e. The second-order valence-electron chi connectivity index (χ2n) is 6.57. The zero-order valence-corrected chi connectivity index (χ0v) is 17.9. The summed E-state index contributed by atoms with van der Waals surface area (Å²) in [5.41, 5.74) is 1.30. The molecule has 8 nitrogen and oxygen atoms in total. The third kappa shape index (κ3) is 5.37. The van der Waals surface area contributed by atoms with Crippen LogP contribution >= 0.6 is 11.8 Å². The Balaban J connectivity index is 1.95. The number of aliphatic imine (C=N–C) groups is 1. The molecule has 3 rings (SSSR count). The van der Waals surface area contributed by atoms with Crippen molar-refractivity contribution < 1.29 is 29.3 Å². The minimum atomic E-state index is -0.917. The number of amidine groups is 1. The highest BCUT2D eigenvalue weighted by Crippen LogP contribution is 2.40. The van der Waals surface area contributed by atoms with E-state index in [1.54, 1.807) is 18.2 Å². The van der Waals surface area contributed by atoms with Crippen molar-refractivity contribution in [3.05, 3.63) is 52.9 Å². The maximum atomic E-state index is 13.1. The number of methoxy groups -OCH3 is 2. The van der Waals surface area contributed by atoms with Crippen LogP contribution < -0.4 is 9.47 Å². The first-order chi connectivity index (χ1) is 14.9. The quantitative estimate of drug-likeness (QED) is 0.597. The number of carbonyl (C=O) groups excluding carboxylic acids is 1. The molecule has 0 atom stereocenters. The zero-order chi connectivity index (χ0) is 22.4. The first-order valence-electron chi connectivity index (χ1n) is 9.45. The Labute approximate surface area is 183 Å². The van der Waals surface area contributed by atoms with Gasteiger partial charge < -0.3 is 19.7 Å². The van der Waals surface area contributed by atoms with Crippen LogP contribution in [0.15, 0.2) is 52.4 Å². The van der Waals surface area contributed by atoms with Crippen LogP contribution in [0.5, 0.6) is 17.2 Å². The van der Waals surface area contributed by atoms with Crippen molar-refractivity contribution in [1.82, 2.24) is 4.90 Å². The number of thioether (sulfide) groups is 1. The highest BCUT2D eigenvalue weighted by Gasteiger charge is 2.33. The van der Waals surface area contributed by atoms with E-state index >= 15 is 0 Å². The van der Waals surface area contributed by atoms with Gasteiger partial charge in [0.05, 0.1) is 24.8 Å². The number of benzene rings is 2. The standard InChI is InChI=1S/C22H22N2O6S/c1-29-16-11-14(12-17(30-2)20(16)27)13-18-21(28)24(10-6-9-19(25)26)22(31-18)23-15-7-4-3-5-8-15/h3-5,7-8,11-13,27H,6,9-10H2,1-2H3,(H,25,26)/b18-13-,23-22-. The molecule has 0 saturated carbocycles. The normalized spacial score (nSPS) is 16.2. The van der Waals surface area contributed by atoms with Gasteiger partial charge in [-0.3, -0.25) is 14.5 Å². The number of carboxylic acids is 1. The van der Waals surface area contributed by atoms with E-state index < -0.39 is 5.97 Å². The molecule has 0 unspecified atom stereocenters. The van der Waals surface area contributed by atoms with Gasteiger partial charge in [-0.25, -0.2) is 4.99 Å². The molecule has 1 heterocycles. The Hall–Kier alpha value is -3.46. The van der Waals surface area contributed by atoms with Gasteiger partial charge in [0.1, 0.15) is 0 Å². The molecule has 0 aliphatic carbocycles. The van der Waals surface area contributed by atoms with Crippen molar-refractivity contribution in [1.29, 1.82) is 0 Å². The first kappa shape index (κ1) is 22.2. The molecule has 0 radical (unpaired) electrons. The lowest BCUT2D eigenvalue weighted by Gasteiger charge is -2.14. The Bertz CT molecular complexity index is 1010. The van der Waals surface area contributed by atoms with Crippen molar-refractivity contribution in [2.45, 2.75) is 12.8 Å². The van der Waals surface area contributed by atoms with Gasteiger partial charge in [-0.1, -0.05) is 18.2 Å². The summed E-state index contributed by atoms with van der Waals surface area (Å²) in [5.74, 6) is -0.869. The van der Waals surface area contributed by atoms with E-state index in [9.17, 15) is 14.7 Å². The predicted molar refractivity (Wildman–Crippen MR) is 119 cm³/mol. The highest BCUT2D eigenvalue weighted by atomic mass is 32.2. The number of aliphatic carboxylic acids is 1. The number of nitrogens with zero attached hydrogens (tertiary/aromatic N) is 2. The molecule has 0 aromatic heterocycles. The average molecular weight is 442 g/mol. The summed E-state index contributed by atoms with van der Waals surface area (Å²) in [6.07, 6.45) is 1.93. The summed E-state index contributed by atoms with van der Waals surface area (Å²) in [6, 6.07) is 12.4. The van der Waals surface area contributed by atoms with Crippen LogP contribution in [-0.4, -0.2) is 52.9 Å². The second kappa shape index (κ2) is 10.0. The van der Waals surface area contributed by atoms with Gasteiger partial charge in [0.2, 0.25) is 5.75 Å². The summed E-state index contributed by atoms with van der Waals surface area (Å²) >= 11 is 1.20. The van der Waals surface area contributed by atoms with Crippen molar-refractivity contribution in [3.8, 4) is 17.2 Å². The molecule has 162 valence electrons. The molecule has 2 aromatic rings. The average Bonchev–Trinajstić information content (AvgIpc) is 3.04. The number of hydrogen-bond donors (Lipinski definition) is 2. The number of carboxylic acid groups (broad SMARTS) is 1. The van der Waals surface area contributed by atoms with Crippen molar-refractivity contribution >= 4 is 40.6 Å². The molecule has 1 amide bonds. The van der Waals surface area contributed by atoms with Crippen LogP contribution in [0.25, 0.3) is 6.08 Å². The SMILES string of the molecule is COc1cc(/C=C2\S/C(=N\c3ccccc3)N(CCCC(=O)O)C2=O)cc(OC)c1O. The molecule has 9 heteroatoms. The molecule has 2 aromatic carbocycles. The zero-order valence-electron chi connectivity index (χ0n) is 17.1. The molecule has 2 N–H and O–H groups in total. The molecule has 31 heavy (non-hydrogen) atoms. The molecule has 1 aliphatic heterocycles. The third-order valence-corrected chi connectivity index (χ3v) is 5.45. The van der Waals surface area contributed by atoms with Crippen LogP contribution in [0.2, 0.25) is 0 Å². The van der Waals surface area contributed by atoms with Crippen molar-refractivity contribution in [2.75, 3.05) is 20.8 Å². The Morgan fingerprint density at radius 3 is 2.39 bits per heavy atom. The number of amides is 1. The van der Waals surface area contributed by atoms with Crippen LogP contribution in [0.1, 0.15) is 18.4 Å². The number of phenols is 1. The number of para-hydroxylation sites is 1. The summed E-state index contributed by atoms with van der Waals surface area (Å²) in [6.45, 7) is 0.239. The van der Waals surface area contributed by atoms with Gasteiger partial charge in [-0.2, -0.15) is 0 Å². The fraction of sp³-hybridized carbons (Fsp3) is 0.227. The van der Waals surface area contributed by atoms with Crippen molar-refractivity contribution in [2.24, 2.45) is 4.99 Å². The monoisotopic (exact) mass is 442 g/mol. The lowest BCUT2D eigenvalue weighted by Crippen LogP contribution is -2.30. The molecule has 1 aliphatic rings. The molecule has 1 saturated heterocycles. The van der Waals surface area contributed by atoms with Gasteiger partial charge in [-0.15, -0.1) is 0 Å². The summed E-state index contributed by atoms with van der Waals surface area (Å²) < 4.78 is 10.4. The number of carbonyl (C=O) groups is 2. The fourth-order valence-electron chi connectivity index (χ4n) is 2.94. The molecule has 1 fully saturated rings. The van der Waals surface area contributed by atoms with Crippen molar-refractivity contribution in [3.63, 3.8) is 0 Å². The van der Waals surface area contributed by atoms with E-state index in [4.69, 9.17) is 14.6 Å². The van der Waals surface area contributed by atoms with Gasteiger partial charge in [0.25, 0.3) is 5.91 Å². The number of aromatic hydroxyl groups is 1. The Morgan fingerprint density at radius 2 is 1.81 bits per heavy atom. The van der Waals surface area contributed by atoms with E-state index in [0.29, 0.717) is 27.7 Å². The number of rotatable bonds is 8. The van der Waals surface area contributed by atoms with Gasteiger partial charge >= 0.3 is 5.97 Å². The van der Waals surface area contributed by atoms with E-state index in [0.717, 1.165) is 0 Å². The summed E-state index contributed by atoms with van der Waals surface area (Å²) in [5, 5.41) is 19.5. The largest absolute Gasteiger partial charge is 0.502 e. The number of phenolic OH excluding ortho intramolecular Hbond substituents is 1. The minimum Gasteiger partial charge on any atom is -0.502 e. The van der Waals surface area contributed by atoms with E-state index in [1.807, 2.05) is 30.3 Å². The van der Waals surface area contributed by atoms with Gasteiger partial charge in [-0.05, 0) is 54.1 Å². The summed E-state index contributed by atoms with van der Waals surface area (Å²) in [7, 11) is 2.85. The topological polar surface area (TPSA) is 109 Å². The van der Waals surface area contributed by atoms with E-state index in [2.05, 4.69) is 4.99 Å². The van der Waals surface area contributed by atoms with Crippen LogP contribution in [0.3, 0.4) is 0 Å². The van der Waals surface area contributed by atoms with Gasteiger partial charge in [0.15, 0.2) is 16.7 Å². The summed E-state index contributed by atoms with van der Waals surface area (Å²) in [4.78, 5) is 30.4. The molecular formula is C22H22N2O6S. The Kier molecular flexibility index (Phi) is 7.19. The third-order valence-electron chi connectivity index (χ3n) is 4.44. The molecular weight excluding hydrogens is 420 g/mol. The van der Waals surface area contributed by atoms with E-state index in [1.165, 1.54) is 30.9 Å². The van der Waals surface area contributed by atoms with Crippen LogP contribution in [0.4, 0.5) is 5.69 Å². The lowest BCUT2D eigenvalue weighted by atomic mass is 10.1. The second-order valence-corrected chi connectivity index (χ2v) is 7.58.